The van der Waals surface area contributed by atoms with E-state index in [1.807, 2.05) is 0 Å². The molecule has 11 atom stereocenters. The first-order valence-electron chi connectivity index (χ1n) is 15.2. The maximum absolute atomic E-state index is 14.3. The molecule has 0 amide bonds. The number of aliphatic carboxylic acids is 1. The van der Waals surface area contributed by atoms with Crippen molar-refractivity contribution >= 4 is 11.8 Å². The molecule has 5 fully saturated rings. The molecule has 0 bridgehead atoms. The number of carbonyl (C=O) groups excluding carboxylic acids is 1. The third-order valence-corrected chi connectivity index (χ3v) is 12.2. The summed E-state index contributed by atoms with van der Waals surface area (Å²) in [4.78, 5) is 25.5. The average Bonchev–Trinajstić information content (AvgIpc) is 3.21. The SMILES string of the molecule is CCC1C(=O)C2C(CC[C@]3(C)C(C(C)CCC(=O)O)CCC23)[C@@]2(C)CCC(OC3CCCCO3)CC12. The van der Waals surface area contributed by atoms with Gasteiger partial charge in [0.25, 0.3) is 0 Å². The van der Waals surface area contributed by atoms with Crippen LogP contribution in [0.4, 0.5) is 0 Å². The van der Waals surface area contributed by atoms with E-state index < -0.39 is 5.97 Å². The molecule has 1 aliphatic heterocycles. The van der Waals surface area contributed by atoms with Gasteiger partial charge in [0, 0.05) is 24.9 Å². The van der Waals surface area contributed by atoms with Crippen molar-refractivity contribution in [2.45, 2.75) is 124 Å². The Hall–Kier alpha value is -0.940. The largest absolute Gasteiger partial charge is 0.481 e. The molecule has 0 spiro atoms. The quantitative estimate of drug-likeness (QED) is 0.384. The number of hydrogen-bond acceptors (Lipinski definition) is 4. The second kappa shape index (κ2) is 10.3. The number of carboxylic acid groups (broad SMARTS) is 1. The van der Waals surface area contributed by atoms with Crippen molar-refractivity contribution < 1.29 is 24.2 Å². The fourth-order valence-corrected chi connectivity index (χ4v) is 10.3. The highest BCUT2D eigenvalue weighted by atomic mass is 16.7. The predicted molar refractivity (Wildman–Crippen MR) is 139 cm³/mol. The summed E-state index contributed by atoms with van der Waals surface area (Å²) in [5.41, 5.74) is 0.399. The van der Waals surface area contributed by atoms with Gasteiger partial charge in [-0.1, -0.05) is 27.7 Å². The van der Waals surface area contributed by atoms with Crippen molar-refractivity contribution in [2.24, 2.45) is 52.3 Å². The van der Waals surface area contributed by atoms with Crippen LogP contribution in [0.25, 0.3) is 0 Å². The predicted octanol–water partition coefficient (Wildman–Crippen LogP) is 6.87. The maximum atomic E-state index is 14.3. The summed E-state index contributed by atoms with van der Waals surface area (Å²) in [5, 5.41) is 9.24. The van der Waals surface area contributed by atoms with Crippen LogP contribution in [0.5, 0.6) is 0 Å². The number of carbonyl (C=O) groups is 2. The summed E-state index contributed by atoms with van der Waals surface area (Å²) >= 11 is 0. The Morgan fingerprint density at radius 1 is 1.06 bits per heavy atom. The first kappa shape index (κ1) is 26.7. The molecule has 5 heteroatoms. The third kappa shape index (κ3) is 4.48. The molecule has 0 aromatic carbocycles. The summed E-state index contributed by atoms with van der Waals surface area (Å²) in [7, 11) is 0. The second-order valence-electron chi connectivity index (χ2n) is 13.7. The molecule has 36 heavy (non-hydrogen) atoms. The van der Waals surface area contributed by atoms with Gasteiger partial charge < -0.3 is 14.6 Å². The lowest BCUT2D eigenvalue weighted by atomic mass is 9.42. The Balaban J connectivity index is 1.34. The number of hydrogen-bond donors (Lipinski definition) is 1. The number of fused-ring (bicyclic) bond motifs is 5. The van der Waals surface area contributed by atoms with Gasteiger partial charge >= 0.3 is 5.97 Å². The zero-order valence-corrected chi connectivity index (χ0v) is 23.2. The minimum absolute atomic E-state index is 0.0471. The summed E-state index contributed by atoms with van der Waals surface area (Å²) < 4.78 is 12.4. The highest BCUT2D eigenvalue weighted by Gasteiger charge is 2.65. The van der Waals surface area contributed by atoms with Crippen molar-refractivity contribution in [3.63, 3.8) is 0 Å². The van der Waals surface area contributed by atoms with Crippen LogP contribution in [0, 0.1) is 52.3 Å². The summed E-state index contributed by atoms with van der Waals surface area (Å²) in [5.74, 6) is 2.57. The smallest absolute Gasteiger partial charge is 0.303 e. The highest BCUT2D eigenvalue weighted by molar-refractivity contribution is 5.86. The van der Waals surface area contributed by atoms with E-state index in [4.69, 9.17) is 9.47 Å². The van der Waals surface area contributed by atoms with Crippen LogP contribution in [0.1, 0.15) is 111 Å². The van der Waals surface area contributed by atoms with E-state index in [0.717, 1.165) is 64.4 Å². The Morgan fingerprint density at radius 2 is 1.81 bits per heavy atom. The van der Waals surface area contributed by atoms with Crippen LogP contribution < -0.4 is 0 Å². The zero-order chi connectivity index (χ0) is 25.7. The molecule has 1 heterocycles. The summed E-state index contributed by atoms with van der Waals surface area (Å²) in [6, 6.07) is 0. The molecule has 0 aromatic rings. The number of rotatable bonds is 7. The lowest BCUT2D eigenvalue weighted by molar-refractivity contribution is -0.216. The molecule has 4 aliphatic carbocycles. The Kier molecular flexibility index (Phi) is 7.64. The molecule has 5 aliphatic rings. The monoisotopic (exact) mass is 502 g/mol. The first-order valence-corrected chi connectivity index (χ1v) is 15.2. The summed E-state index contributed by atoms with van der Waals surface area (Å²) in [6.07, 6.45) is 13.4. The van der Waals surface area contributed by atoms with Crippen molar-refractivity contribution in [3.05, 3.63) is 0 Å². The standard InChI is InChI=1S/C31H50O5/c1-5-21-25-18-20(36-27-8-6-7-17-35-27)13-15-31(25,4)24-14-16-30(3)22(19(2)9-12-26(32)33)10-11-23(30)28(24)29(21)34/h19-25,27-28H,5-18H2,1-4H3,(H,32,33)/t19?,20?,21?,22?,23?,24?,25?,27?,28?,30-,31-/m1/s1. The molecule has 0 radical (unpaired) electrons. The minimum Gasteiger partial charge on any atom is -0.481 e. The molecule has 4 saturated carbocycles. The lowest BCUT2D eigenvalue weighted by Crippen LogP contribution is -2.61. The third-order valence-electron chi connectivity index (χ3n) is 12.2. The van der Waals surface area contributed by atoms with E-state index in [2.05, 4.69) is 27.7 Å². The normalized spacial score (nSPS) is 47.5. The highest BCUT2D eigenvalue weighted by Crippen LogP contribution is 2.68. The van der Waals surface area contributed by atoms with E-state index in [1.165, 1.54) is 19.3 Å². The van der Waals surface area contributed by atoms with E-state index in [1.54, 1.807) is 0 Å². The molecule has 9 unspecified atom stereocenters. The van der Waals surface area contributed by atoms with Gasteiger partial charge in [0.05, 0.1) is 6.10 Å². The zero-order valence-electron chi connectivity index (χ0n) is 23.2. The van der Waals surface area contributed by atoms with E-state index in [-0.39, 0.29) is 41.5 Å². The van der Waals surface area contributed by atoms with Gasteiger partial charge in [-0.05, 0) is 117 Å². The molecule has 1 N–H and O–H groups in total. The number of Topliss-reactive ketones (excluding diaryl/α,β-unsaturated/α-hetero) is 1. The van der Waals surface area contributed by atoms with Crippen LogP contribution >= 0.6 is 0 Å². The van der Waals surface area contributed by atoms with Gasteiger partial charge in [-0.2, -0.15) is 0 Å². The lowest BCUT2D eigenvalue weighted by Gasteiger charge is -2.62. The molecule has 5 nitrogen and oxygen atoms in total. The van der Waals surface area contributed by atoms with E-state index in [0.29, 0.717) is 35.4 Å². The molecular weight excluding hydrogens is 452 g/mol. The molecule has 0 aromatic heterocycles. The molecular formula is C31H50O5. The van der Waals surface area contributed by atoms with Crippen molar-refractivity contribution in [3.8, 4) is 0 Å². The Bertz CT molecular complexity index is 820. The van der Waals surface area contributed by atoms with Gasteiger partial charge in [0.2, 0.25) is 0 Å². The van der Waals surface area contributed by atoms with Crippen LogP contribution in [-0.2, 0) is 19.1 Å². The maximum Gasteiger partial charge on any atom is 0.303 e. The Morgan fingerprint density at radius 3 is 2.50 bits per heavy atom. The average molecular weight is 503 g/mol. The molecule has 1 saturated heterocycles. The van der Waals surface area contributed by atoms with Gasteiger partial charge in [0.15, 0.2) is 6.29 Å². The van der Waals surface area contributed by atoms with Crippen LogP contribution in [0.15, 0.2) is 0 Å². The molecule has 204 valence electrons. The fourth-order valence-electron chi connectivity index (χ4n) is 10.3. The van der Waals surface area contributed by atoms with Crippen molar-refractivity contribution in [2.75, 3.05) is 6.61 Å². The van der Waals surface area contributed by atoms with Crippen LogP contribution in [0.2, 0.25) is 0 Å². The van der Waals surface area contributed by atoms with Crippen LogP contribution in [-0.4, -0.2) is 35.9 Å². The minimum atomic E-state index is -0.688. The second-order valence-corrected chi connectivity index (χ2v) is 13.7. The van der Waals surface area contributed by atoms with E-state index in [9.17, 15) is 14.7 Å². The number of carboxylic acids is 1. The molecule has 5 rings (SSSR count). The van der Waals surface area contributed by atoms with Crippen LogP contribution in [0.3, 0.4) is 0 Å². The Labute approximate surface area is 218 Å². The van der Waals surface area contributed by atoms with Gasteiger partial charge in [0.1, 0.15) is 5.78 Å². The fraction of sp³-hybridized carbons (Fsp3) is 0.935. The number of ketones is 1. The number of ether oxygens (including phenoxy) is 2. The van der Waals surface area contributed by atoms with Crippen molar-refractivity contribution in [1.82, 2.24) is 0 Å². The van der Waals surface area contributed by atoms with Crippen molar-refractivity contribution in [1.29, 1.82) is 0 Å². The topological polar surface area (TPSA) is 72.8 Å². The van der Waals surface area contributed by atoms with Gasteiger partial charge in [-0.25, -0.2) is 0 Å². The summed E-state index contributed by atoms with van der Waals surface area (Å²) in [6.45, 7) is 10.3. The van der Waals surface area contributed by atoms with Gasteiger partial charge in [-0.15, -0.1) is 0 Å². The van der Waals surface area contributed by atoms with E-state index >= 15 is 0 Å². The van der Waals surface area contributed by atoms with Gasteiger partial charge in [-0.3, -0.25) is 9.59 Å². The first-order chi connectivity index (χ1) is 17.2.